The maximum atomic E-state index is 14.0. The van der Waals surface area contributed by atoms with Gasteiger partial charge in [-0.25, -0.2) is 8.78 Å². The molecule has 1 aliphatic rings. The van der Waals surface area contributed by atoms with Crippen LogP contribution < -0.4 is 5.32 Å². The zero-order chi connectivity index (χ0) is 14.7. The average molecular weight is 282 g/mol. The van der Waals surface area contributed by atoms with E-state index in [1.54, 1.807) is 6.92 Å². The molecule has 0 spiro atoms. The number of benzene rings is 1. The Morgan fingerprint density at radius 3 is 2.70 bits per heavy atom. The molecule has 2 nitrogen and oxygen atoms in total. The summed E-state index contributed by atoms with van der Waals surface area (Å²) in [4.78, 5) is 2.09. The summed E-state index contributed by atoms with van der Waals surface area (Å²) in [5, 5.41) is 3.48. The second-order valence-corrected chi connectivity index (χ2v) is 5.89. The van der Waals surface area contributed by atoms with Crippen LogP contribution in [0.4, 0.5) is 8.78 Å². The number of likely N-dealkylation sites (N-methyl/N-ethyl adjacent to an activating group) is 1. The highest BCUT2D eigenvalue weighted by atomic mass is 19.1. The minimum atomic E-state index is -0.336. The number of hydrogen-bond donors (Lipinski definition) is 1. The van der Waals surface area contributed by atoms with Crippen LogP contribution in [0.1, 0.15) is 43.4 Å². The Morgan fingerprint density at radius 2 is 2.05 bits per heavy atom. The highest BCUT2D eigenvalue weighted by molar-refractivity contribution is 5.27. The first kappa shape index (κ1) is 15.4. The molecule has 2 atom stereocenters. The Morgan fingerprint density at radius 1 is 1.30 bits per heavy atom. The maximum Gasteiger partial charge on any atom is 0.128 e. The number of nitrogens with one attached hydrogen (secondary N) is 1. The minimum Gasteiger partial charge on any atom is -0.313 e. The molecule has 20 heavy (non-hydrogen) atoms. The van der Waals surface area contributed by atoms with Crippen LogP contribution in [0.15, 0.2) is 12.1 Å². The number of rotatable bonds is 4. The van der Waals surface area contributed by atoms with Crippen LogP contribution in [-0.2, 0) is 0 Å². The van der Waals surface area contributed by atoms with E-state index >= 15 is 0 Å². The van der Waals surface area contributed by atoms with Crippen molar-refractivity contribution in [2.45, 2.75) is 45.2 Å². The fourth-order valence-corrected chi connectivity index (χ4v) is 2.80. The maximum absolute atomic E-state index is 14.0. The van der Waals surface area contributed by atoms with Crippen LogP contribution in [0.5, 0.6) is 0 Å². The van der Waals surface area contributed by atoms with Crippen LogP contribution in [0, 0.1) is 18.6 Å². The lowest BCUT2D eigenvalue weighted by molar-refractivity contribution is 0.211. The molecule has 1 aliphatic heterocycles. The van der Waals surface area contributed by atoms with E-state index in [4.69, 9.17) is 0 Å². The van der Waals surface area contributed by atoms with Gasteiger partial charge in [-0.2, -0.15) is 0 Å². The molecular weight excluding hydrogens is 258 g/mol. The van der Waals surface area contributed by atoms with E-state index in [1.165, 1.54) is 25.0 Å². The smallest absolute Gasteiger partial charge is 0.128 e. The topological polar surface area (TPSA) is 15.3 Å². The van der Waals surface area contributed by atoms with Crippen molar-refractivity contribution in [3.05, 3.63) is 34.9 Å². The molecule has 1 N–H and O–H groups in total. The fraction of sp³-hybridized carbons (Fsp3) is 0.625. The summed E-state index contributed by atoms with van der Waals surface area (Å²) in [6.07, 6.45) is 3.63. The van der Waals surface area contributed by atoms with Gasteiger partial charge in [0.15, 0.2) is 0 Å². The van der Waals surface area contributed by atoms with Gasteiger partial charge in [-0.3, -0.25) is 4.90 Å². The monoisotopic (exact) mass is 282 g/mol. The van der Waals surface area contributed by atoms with Gasteiger partial charge in [-0.05, 0) is 58.0 Å². The minimum absolute atomic E-state index is 0.131. The van der Waals surface area contributed by atoms with E-state index in [2.05, 4.69) is 10.2 Å². The van der Waals surface area contributed by atoms with Crippen molar-refractivity contribution in [1.29, 1.82) is 0 Å². The standard InChI is InChI=1S/C16H24F2N2/c1-11-8-16(18)14(9-15(11)17)12(2)20(3)10-13-6-4-5-7-19-13/h8-9,12-13,19H,4-7,10H2,1-3H3. The van der Waals surface area contributed by atoms with E-state index in [9.17, 15) is 8.78 Å². The molecular formula is C16H24F2N2. The van der Waals surface area contributed by atoms with Crippen molar-refractivity contribution < 1.29 is 8.78 Å². The zero-order valence-electron chi connectivity index (χ0n) is 12.5. The predicted octanol–water partition coefficient (Wildman–Crippen LogP) is 3.41. The van der Waals surface area contributed by atoms with Gasteiger partial charge in [0.2, 0.25) is 0 Å². The van der Waals surface area contributed by atoms with Gasteiger partial charge >= 0.3 is 0 Å². The molecule has 2 unspecified atom stereocenters. The van der Waals surface area contributed by atoms with Gasteiger partial charge in [-0.1, -0.05) is 6.42 Å². The third-order valence-corrected chi connectivity index (χ3v) is 4.31. The average Bonchev–Trinajstić information content (AvgIpc) is 2.43. The van der Waals surface area contributed by atoms with E-state index in [-0.39, 0.29) is 17.7 Å². The van der Waals surface area contributed by atoms with Crippen molar-refractivity contribution in [1.82, 2.24) is 10.2 Å². The predicted molar refractivity (Wildman–Crippen MR) is 77.8 cm³/mol. The van der Waals surface area contributed by atoms with Crippen LogP contribution in [0.2, 0.25) is 0 Å². The third-order valence-electron chi connectivity index (χ3n) is 4.31. The van der Waals surface area contributed by atoms with Crippen LogP contribution in [0.25, 0.3) is 0 Å². The molecule has 0 amide bonds. The second-order valence-electron chi connectivity index (χ2n) is 5.89. The van der Waals surface area contributed by atoms with Crippen LogP contribution in [0.3, 0.4) is 0 Å². The molecule has 1 heterocycles. The Bertz CT molecular complexity index is 456. The summed E-state index contributed by atoms with van der Waals surface area (Å²) in [6, 6.07) is 2.94. The highest BCUT2D eigenvalue weighted by Gasteiger charge is 2.21. The first-order chi connectivity index (χ1) is 9.49. The Kier molecular flexibility index (Phi) is 5.11. The Labute approximate surface area is 120 Å². The molecule has 0 radical (unpaired) electrons. The van der Waals surface area contributed by atoms with Gasteiger partial charge in [-0.15, -0.1) is 0 Å². The van der Waals surface area contributed by atoms with Gasteiger partial charge < -0.3 is 5.32 Å². The largest absolute Gasteiger partial charge is 0.313 e. The van der Waals surface area contributed by atoms with Crippen molar-refractivity contribution in [2.24, 2.45) is 0 Å². The van der Waals surface area contributed by atoms with Crippen molar-refractivity contribution in [3.8, 4) is 0 Å². The summed E-state index contributed by atoms with van der Waals surface area (Å²) in [7, 11) is 1.97. The van der Waals surface area contributed by atoms with Gasteiger partial charge in [0.25, 0.3) is 0 Å². The molecule has 0 saturated carbocycles. The van der Waals surface area contributed by atoms with E-state index < -0.39 is 0 Å². The summed E-state index contributed by atoms with van der Waals surface area (Å²) in [5.74, 6) is -0.655. The summed E-state index contributed by atoms with van der Waals surface area (Å²) in [6.45, 7) is 5.43. The molecule has 0 aliphatic carbocycles. The van der Waals surface area contributed by atoms with Gasteiger partial charge in [0.1, 0.15) is 11.6 Å². The third kappa shape index (κ3) is 3.55. The van der Waals surface area contributed by atoms with E-state index in [0.717, 1.165) is 19.5 Å². The Hall–Kier alpha value is -1.00. The molecule has 1 aromatic carbocycles. The molecule has 1 aromatic rings. The fourth-order valence-electron chi connectivity index (χ4n) is 2.80. The number of halogens is 2. The molecule has 0 aromatic heterocycles. The molecule has 1 saturated heterocycles. The highest BCUT2D eigenvalue weighted by Crippen LogP contribution is 2.25. The lowest BCUT2D eigenvalue weighted by Gasteiger charge is -2.32. The van der Waals surface area contributed by atoms with E-state index in [1.807, 2.05) is 14.0 Å². The second kappa shape index (κ2) is 6.64. The van der Waals surface area contributed by atoms with Crippen LogP contribution >= 0.6 is 0 Å². The Balaban J connectivity index is 2.05. The van der Waals surface area contributed by atoms with Crippen molar-refractivity contribution in [2.75, 3.05) is 20.1 Å². The first-order valence-corrected chi connectivity index (χ1v) is 7.38. The first-order valence-electron chi connectivity index (χ1n) is 7.38. The number of aryl methyl sites for hydroxylation is 1. The molecule has 2 rings (SSSR count). The summed E-state index contributed by atoms with van der Waals surface area (Å²) < 4.78 is 27.7. The summed E-state index contributed by atoms with van der Waals surface area (Å²) in [5.41, 5.74) is 0.793. The number of piperidine rings is 1. The normalized spacial score (nSPS) is 21.2. The number of nitrogens with zero attached hydrogens (tertiary/aromatic N) is 1. The quantitative estimate of drug-likeness (QED) is 0.910. The van der Waals surface area contributed by atoms with Crippen molar-refractivity contribution in [3.63, 3.8) is 0 Å². The van der Waals surface area contributed by atoms with E-state index in [0.29, 0.717) is 17.2 Å². The number of hydrogen-bond acceptors (Lipinski definition) is 2. The van der Waals surface area contributed by atoms with Crippen molar-refractivity contribution >= 4 is 0 Å². The summed E-state index contributed by atoms with van der Waals surface area (Å²) >= 11 is 0. The van der Waals surface area contributed by atoms with Crippen LogP contribution in [-0.4, -0.2) is 31.1 Å². The molecule has 4 heteroatoms. The molecule has 1 fully saturated rings. The van der Waals surface area contributed by atoms with Gasteiger partial charge in [0.05, 0.1) is 0 Å². The molecule has 112 valence electrons. The zero-order valence-corrected chi connectivity index (χ0v) is 12.5. The molecule has 0 bridgehead atoms. The SMILES string of the molecule is Cc1cc(F)c(C(C)N(C)CC2CCCCN2)cc1F. The van der Waals surface area contributed by atoms with Gasteiger partial charge in [0, 0.05) is 24.2 Å². The lowest BCUT2D eigenvalue weighted by atomic mass is 10.0. The lowest BCUT2D eigenvalue weighted by Crippen LogP contribution is -2.43.